The molecule has 1 aromatic heterocycles. The molecule has 1 saturated heterocycles. The molecule has 1 aliphatic rings. The zero-order chi connectivity index (χ0) is 15.7. The first-order valence-electron chi connectivity index (χ1n) is 6.76. The molecule has 3 rings (SSSR count). The number of sulfonamides is 1. The minimum Gasteiger partial charge on any atom is -0.508 e. The van der Waals surface area contributed by atoms with Gasteiger partial charge >= 0.3 is 0 Å². The molecule has 0 radical (unpaired) electrons. The summed E-state index contributed by atoms with van der Waals surface area (Å²) in [7, 11) is -3.41. The van der Waals surface area contributed by atoms with Crippen molar-refractivity contribution in [1.29, 1.82) is 0 Å². The lowest BCUT2D eigenvalue weighted by atomic mass is 10.2. The summed E-state index contributed by atoms with van der Waals surface area (Å²) in [6.07, 6.45) is 0. The summed E-state index contributed by atoms with van der Waals surface area (Å²) in [5.41, 5.74) is 0.913. The average molecular weight is 403 g/mol. The number of phenols is 1. The molecule has 0 amide bonds. The number of phenolic OH excluding ortho intramolecular Hbond substituents is 1. The average Bonchev–Trinajstić information content (AvgIpc) is 2.95. The molecule has 1 aliphatic heterocycles. The number of halogens is 1. The zero-order valence-corrected chi connectivity index (χ0v) is 14.9. The summed E-state index contributed by atoms with van der Waals surface area (Å²) >= 11 is 4.53. The highest BCUT2D eigenvalue weighted by Gasteiger charge is 2.29. The van der Waals surface area contributed by atoms with Crippen LogP contribution in [0.2, 0.25) is 0 Å². The second-order valence-electron chi connectivity index (χ2n) is 4.97. The third kappa shape index (κ3) is 3.15. The molecular formula is C14H15BrN2O3S2. The largest absolute Gasteiger partial charge is 0.508 e. The number of hydrogen-bond acceptors (Lipinski definition) is 5. The molecule has 0 unspecified atom stereocenters. The molecule has 0 atom stereocenters. The summed E-state index contributed by atoms with van der Waals surface area (Å²) < 4.78 is 27.8. The van der Waals surface area contributed by atoms with Gasteiger partial charge in [0, 0.05) is 37.9 Å². The van der Waals surface area contributed by atoms with Gasteiger partial charge in [-0.2, -0.15) is 4.31 Å². The third-order valence-corrected chi connectivity index (χ3v) is 7.57. The summed E-state index contributed by atoms with van der Waals surface area (Å²) in [5.74, 6) is 0.219. The van der Waals surface area contributed by atoms with Crippen molar-refractivity contribution in [2.45, 2.75) is 4.21 Å². The van der Waals surface area contributed by atoms with Crippen molar-refractivity contribution >= 4 is 43.0 Å². The van der Waals surface area contributed by atoms with Crippen molar-refractivity contribution in [1.82, 2.24) is 4.31 Å². The van der Waals surface area contributed by atoms with E-state index in [4.69, 9.17) is 0 Å². The van der Waals surface area contributed by atoms with E-state index in [1.807, 2.05) is 6.07 Å². The summed E-state index contributed by atoms with van der Waals surface area (Å²) in [5, 5.41) is 9.54. The highest BCUT2D eigenvalue weighted by molar-refractivity contribution is 9.11. The Hall–Kier alpha value is -1.09. The van der Waals surface area contributed by atoms with Crippen LogP contribution in [0.25, 0.3) is 0 Å². The van der Waals surface area contributed by atoms with Gasteiger partial charge in [-0.25, -0.2) is 8.42 Å². The zero-order valence-electron chi connectivity index (χ0n) is 11.6. The van der Waals surface area contributed by atoms with Crippen LogP contribution in [-0.2, 0) is 10.0 Å². The molecule has 2 heterocycles. The lowest BCUT2D eigenvalue weighted by molar-refractivity contribution is 0.385. The predicted octanol–water partition coefficient (Wildman–Crippen LogP) is 2.73. The Bertz CT molecular complexity index is 768. The molecule has 5 nitrogen and oxygen atoms in total. The van der Waals surface area contributed by atoms with Gasteiger partial charge in [0.25, 0.3) is 10.0 Å². The van der Waals surface area contributed by atoms with E-state index in [2.05, 4.69) is 20.8 Å². The van der Waals surface area contributed by atoms with Gasteiger partial charge in [0.2, 0.25) is 0 Å². The second kappa shape index (κ2) is 6.19. The van der Waals surface area contributed by atoms with E-state index in [0.717, 1.165) is 9.47 Å². The number of aromatic hydroxyl groups is 1. The first kappa shape index (κ1) is 15.8. The van der Waals surface area contributed by atoms with Crippen molar-refractivity contribution < 1.29 is 13.5 Å². The number of rotatable bonds is 3. The van der Waals surface area contributed by atoms with Gasteiger partial charge in [0.05, 0.1) is 3.79 Å². The standard InChI is InChI=1S/C14H15BrN2O3S2/c15-13-4-5-14(21-13)22(19,20)17-8-6-16(7-9-17)11-2-1-3-12(18)10-11/h1-5,10,18H,6-9H2. The molecule has 0 bridgehead atoms. The van der Waals surface area contributed by atoms with Crippen molar-refractivity contribution in [3.63, 3.8) is 0 Å². The fourth-order valence-corrected chi connectivity index (χ4v) is 6.03. The maximum Gasteiger partial charge on any atom is 0.252 e. The first-order valence-corrected chi connectivity index (χ1v) is 9.81. The highest BCUT2D eigenvalue weighted by atomic mass is 79.9. The van der Waals surface area contributed by atoms with Crippen molar-refractivity contribution in [2.24, 2.45) is 0 Å². The van der Waals surface area contributed by atoms with E-state index in [9.17, 15) is 13.5 Å². The fourth-order valence-electron chi connectivity index (χ4n) is 2.44. The topological polar surface area (TPSA) is 60.9 Å². The third-order valence-electron chi connectivity index (χ3n) is 3.58. The molecule has 1 fully saturated rings. The Morgan fingerprint density at radius 3 is 2.41 bits per heavy atom. The molecule has 1 aromatic carbocycles. The first-order chi connectivity index (χ1) is 10.5. The number of anilines is 1. The van der Waals surface area contributed by atoms with Crippen molar-refractivity contribution in [3.8, 4) is 5.75 Å². The quantitative estimate of drug-likeness (QED) is 0.856. The summed E-state index contributed by atoms with van der Waals surface area (Å²) in [6.45, 7) is 2.09. The minimum absolute atomic E-state index is 0.219. The van der Waals surface area contributed by atoms with E-state index in [-0.39, 0.29) is 5.75 Å². The second-order valence-corrected chi connectivity index (χ2v) is 9.60. The Labute approximate surface area is 142 Å². The van der Waals surface area contributed by atoms with Gasteiger partial charge in [-0.3, -0.25) is 0 Å². The van der Waals surface area contributed by atoms with Crippen LogP contribution >= 0.6 is 27.3 Å². The van der Waals surface area contributed by atoms with Gasteiger partial charge in [-0.1, -0.05) is 6.07 Å². The Balaban J connectivity index is 1.72. The SMILES string of the molecule is O=S(=O)(c1ccc(Br)s1)N1CCN(c2cccc(O)c2)CC1. The predicted molar refractivity (Wildman–Crippen MR) is 91.1 cm³/mol. The molecule has 0 spiro atoms. The Morgan fingerprint density at radius 1 is 1.09 bits per heavy atom. The van der Waals surface area contributed by atoms with Gasteiger partial charge in [0.1, 0.15) is 9.96 Å². The van der Waals surface area contributed by atoms with Crippen molar-refractivity contribution in [3.05, 3.63) is 40.2 Å². The number of nitrogens with zero attached hydrogens (tertiary/aromatic N) is 2. The molecule has 22 heavy (non-hydrogen) atoms. The minimum atomic E-state index is -3.41. The molecule has 0 saturated carbocycles. The van der Waals surface area contributed by atoms with Gasteiger partial charge < -0.3 is 10.0 Å². The molecule has 2 aromatic rings. The summed E-state index contributed by atoms with van der Waals surface area (Å²) in [6, 6.07) is 10.4. The Kier molecular flexibility index (Phi) is 4.44. The normalized spacial score (nSPS) is 16.9. The van der Waals surface area contributed by atoms with Crippen LogP contribution in [-0.4, -0.2) is 44.0 Å². The van der Waals surface area contributed by atoms with E-state index in [1.54, 1.807) is 30.3 Å². The number of piperazine rings is 1. The molecule has 118 valence electrons. The van der Waals surface area contributed by atoms with E-state index < -0.39 is 10.0 Å². The number of benzene rings is 1. The van der Waals surface area contributed by atoms with Crippen LogP contribution in [0.4, 0.5) is 5.69 Å². The van der Waals surface area contributed by atoms with Crippen LogP contribution < -0.4 is 4.90 Å². The number of thiophene rings is 1. The van der Waals surface area contributed by atoms with Gasteiger partial charge in [-0.05, 0) is 40.2 Å². The monoisotopic (exact) mass is 402 g/mol. The maximum absolute atomic E-state index is 12.6. The van der Waals surface area contributed by atoms with Gasteiger partial charge in [0.15, 0.2) is 0 Å². The molecule has 8 heteroatoms. The van der Waals surface area contributed by atoms with Crippen molar-refractivity contribution in [2.75, 3.05) is 31.1 Å². The van der Waals surface area contributed by atoms with Crippen LogP contribution in [0.3, 0.4) is 0 Å². The highest BCUT2D eigenvalue weighted by Crippen LogP contribution is 2.29. The Morgan fingerprint density at radius 2 is 1.82 bits per heavy atom. The lowest BCUT2D eigenvalue weighted by Crippen LogP contribution is -2.48. The smallest absolute Gasteiger partial charge is 0.252 e. The number of hydrogen-bond donors (Lipinski definition) is 1. The van der Waals surface area contributed by atoms with Crippen LogP contribution in [0.15, 0.2) is 44.4 Å². The molecule has 0 aliphatic carbocycles. The van der Waals surface area contributed by atoms with Crippen LogP contribution in [0, 0.1) is 0 Å². The summed E-state index contributed by atoms with van der Waals surface area (Å²) in [4.78, 5) is 2.08. The van der Waals surface area contributed by atoms with E-state index in [0.29, 0.717) is 30.4 Å². The van der Waals surface area contributed by atoms with Crippen LogP contribution in [0.1, 0.15) is 0 Å². The van der Waals surface area contributed by atoms with Crippen LogP contribution in [0.5, 0.6) is 5.75 Å². The van der Waals surface area contributed by atoms with E-state index >= 15 is 0 Å². The lowest BCUT2D eigenvalue weighted by Gasteiger charge is -2.35. The fraction of sp³-hybridized carbons (Fsp3) is 0.286. The van der Waals surface area contributed by atoms with Gasteiger partial charge in [-0.15, -0.1) is 11.3 Å². The maximum atomic E-state index is 12.6. The molecular weight excluding hydrogens is 388 g/mol. The molecule has 1 N–H and O–H groups in total. The van der Waals surface area contributed by atoms with E-state index in [1.165, 1.54) is 15.6 Å².